The monoisotopic (exact) mass is 646 g/mol. The molecule has 0 aliphatic carbocycles. The summed E-state index contributed by atoms with van der Waals surface area (Å²) in [6, 6.07) is 63.5. The zero-order valence-corrected chi connectivity index (χ0v) is 28.3. The van der Waals surface area contributed by atoms with Crippen LogP contribution in [0.4, 0.5) is 0 Å². The number of hydrogen-bond acceptors (Lipinski definition) is 0. The van der Waals surface area contributed by atoms with E-state index in [2.05, 4.69) is 170 Å². The molecular formula is C51H34. The lowest BCUT2D eigenvalue weighted by Gasteiger charge is -2.19. The molecule has 0 saturated heterocycles. The second-order valence-corrected chi connectivity index (χ2v) is 14.3. The van der Waals surface area contributed by atoms with Crippen LogP contribution in [0.5, 0.6) is 0 Å². The average molecular weight is 647 g/mol. The standard InChI is InChI=1S/C51H34/c1-4-14-32(15-5-1)28-35-26-27-42-47-36(35)22-12-25-41(47)50-43(29-33-16-6-2-7-17-33)45-31-44-38-21-11-10-20-37(38)39-23-13-24-40(48(39)44)49(45)46(51(42)50)30-34-18-8-3-9-19-34/h1-27,31H,28-30H2. The molecule has 11 aromatic carbocycles. The molecule has 0 saturated carbocycles. The maximum absolute atomic E-state index is 2.56. The number of fused-ring (bicyclic) bond motifs is 8. The molecule has 0 heterocycles. The summed E-state index contributed by atoms with van der Waals surface area (Å²) in [5.74, 6) is 0. The summed E-state index contributed by atoms with van der Waals surface area (Å²) >= 11 is 0. The number of hydrogen-bond donors (Lipinski definition) is 0. The molecule has 51 heavy (non-hydrogen) atoms. The highest BCUT2D eigenvalue weighted by atomic mass is 14.3. The van der Waals surface area contributed by atoms with Crippen molar-refractivity contribution in [2.45, 2.75) is 19.3 Å². The van der Waals surface area contributed by atoms with Gasteiger partial charge in [-0.1, -0.05) is 164 Å². The fraction of sp³-hybridized carbons (Fsp3) is 0.0588. The number of rotatable bonds is 6. The smallest absolute Gasteiger partial charge is 0.00130 e. The van der Waals surface area contributed by atoms with Gasteiger partial charge in [-0.05, 0) is 134 Å². The van der Waals surface area contributed by atoms with E-state index in [1.165, 1.54) is 109 Å². The zero-order chi connectivity index (χ0) is 33.5. The van der Waals surface area contributed by atoms with Gasteiger partial charge >= 0.3 is 0 Å². The van der Waals surface area contributed by atoms with Gasteiger partial charge in [-0.2, -0.15) is 0 Å². The molecular weight excluding hydrogens is 613 g/mol. The van der Waals surface area contributed by atoms with Crippen LogP contribution in [0.1, 0.15) is 33.4 Å². The molecule has 0 radical (unpaired) electrons. The second kappa shape index (κ2) is 11.1. The third kappa shape index (κ3) is 4.27. The summed E-state index contributed by atoms with van der Waals surface area (Å²) in [5, 5.41) is 19.3. The average Bonchev–Trinajstić information content (AvgIpc) is 3.70. The van der Waals surface area contributed by atoms with Crippen molar-refractivity contribution in [1.29, 1.82) is 0 Å². The Morgan fingerprint density at radius 3 is 1.35 bits per heavy atom. The van der Waals surface area contributed by atoms with E-state index in [1.807, 2.05) is 0 Å². The summed E-state index contributed by atoms with van der Waals surface area (Å²) in [5.41, 5.74) is 8.29. The van der Waals surface area contributed by atoms with E-state index in [0.29, 0.717) is 0 Å². The summed E-state index contributed by atoms with van der Waals surface area (Å²) in [4.78, 5) is 0. The largest absolute Gasteiger partial charge is 0.0622 e. The van der Waals surface area contributed by atoms with Gasteiger partial charge in [0.15, 0.2) is 0 Å². The van der Waals surface area contributed by atoms with Crippen LogP contribution in [0.3, 0.4) is 0 Å². The molecule has 0 heteroatoms. The van der Waals surface area contributed by atoms with E-state index in [4.69, 9.17) is 0 Å². The normalized spacial score (nSPS) is 12.2. The lowest BCUT2D eigenvalue weighted by molar-refractivity contribution is 1.21. The Hall–Kier alpha value is -6.24. The van der Waals surface area contributed by atoms with Gasteiger partial charge < -0.3 is 0 Å². The minimum Gasteiger partial charge on any atom is -0.0622 e. The molecule has 0 nitrogen and oxygen atoms in total. The van der Waals surface area contributed by atoms with Gasteiger partial charge in [-0.3, -0.25) is 0 Å². The molecule has 238 valence electrons. The van der Waals surface area contributed by atoms with Crippen molar-refractivity contribution < 1.29 is 0 Å². The van der Waals surface area contributed by atoms with Crippen LogP contribution in [-0.2, 0) is 19.3 Å². The van der Waals surface area contributed by atoms with Crippen molar-refractivity contribution in [3.05, 3.63) is 203 Å². The van der Waals surface area contributed by atoms with Crippen LogP contribution < -0.4 is 0 Å². The van der Waals surface area contributed by atoms with E-state index in [1.54, 1.807) is 0 Å². The van der Waals surface area contributed by atoms with Crippen LogP contribution in [0.25, 0.3) is 75.4 Å². The van der Waals surface area contributed by atoms with E-state index >= 15 is 0 Å². The molecule has 0 aliphatic rings. The second-order valence-electron chi connectivity index (χ2n) is 14.3. The molecule has 11 aromatic rings. The molecule has 0 bridgehead atoms. The Bertz CT molecular complexity index is 3060. The molecule has 0 aliphatic heterocycles. The van der Waals surface area contributed by atoms with Gasteiger partial charge in [0.1, 0.15) is 0 Å². The Morgan fingerprint density at radius 2 is 0.686 bits per heavy atom. The van der Waals surface area contributed by atoms with Crippen LogP contribution >= 0.6 is 0 Å². The predicted octanol–water partition coefficient (Wildman–Crippen LogP) is 13.4. The maximum Gasteiger partial charge on any atom is -0.00130 e. The highest BCUT2D eigenvalue weighted by Crippen LogP contribution is 2.50. The maximum atomic E-state index is 2.56. The predicted molar refractivity (Wildman–Crippen MR) is 219 cm³/mol. The van der Waals surface area contributed by atoms with Crippen molar-refractivity contribution in [1.82, 2.24) is 0 Å². The first-order valence-electron chi connectivity index (χ1n) is 18.2. The Morgan fingerprint density at radius 1 is 0.235 bits per heavy atom. The lowest BCUT2D eigenvalue weighted by atomic mass is 9.84. The minimum absolute atomic E-state index is 0.873. The number of benzene rings is 9. The summed E-state index contributed by atoms with van der Waals surface area (Å²) in [7, 11) is 0. The molecule has 0 atom stereocenters. The molecule has 0 spiro atoms. The molecule has 0 fully saturated rings. The first-order chi connectivity index (χ1) is 25.3. The van der Waals surface area contributed by atoms with Gasteiger partial charge in [0.05, 0.1) is 0 Å². The third-order valence-corrected chi connectivity index (χ3v) is 11.5. The third-order valence-electron chi connectivity index (χ3n) is 11.5. The van der Waals surface area contributed by atoms with Crippen molar-refractivity contribution >= 4 is 75.4 Å². The van der Waals surface area contributed by atoms with E-state index in [0.717, 1.165) is 19.3 Å². The first-order valence-corrected chi connectivity index (χ1v) is 18.2. The summed E-state index contributed by atoms with van der Waals surface area (Å²) < 4.78 is 0. The summed E-state index contributed by atoms with van der Waals surface area (Å²) in [6.07, 6.45) is 2.67. The van der Waals surface area contributed by atoms with Crippen molar-refractivity contribution in [3.8, 4) is 0 Å². The van der Waals surface area contributed by atoms with E-state index in [9.17, 15) is 0 Å². The van der Waals surface area contributed by atoms with Crippen LogP contribution in [0.2, 0.25) is 0 Å². The van der Waals surface area contributed by atoms with Crippen molar-refractivity contribution in [2.24, 2.45) is 0 Å². The van der Waals surface area contributed by atoms with Gasteiger partial charge in [0, 0.05) is 0 Å². The fourth-order valence-electron chi connectivity index (χ4n) is 9.41. The molecule has 0 unspecified atom stereocenters. The topological polar surface area (TPSA) is 0 Å². The van der Waals surface area contributed by atoms with Crippen molar-refractivity contribution in [3.63, 3.8) is 0 Å². The summed E-state index contributed by atoms with van der Waals surface area (Å²) in [6.45, 7) is 0. The zero-order valence-electron chi connectivity index (χ0n) is 28.3. The quantitative estimate of drug-likeness (QED) is 0.158. The lowest BCUT2D eigenvalue weighted by Crippen LogP contribution is -1.98. The van der Waals surface area contributed by atoms with Gasteiger partial charge in [0.2, 0.25) is 0 Å². The van der Waals surface area contributed by atoms with Crippen LogP contribution in [0.15, 0.2) is 170 Å². The highest BCUT2D eigenvalue weighted by molar-refractivity contribution is 6.39. The van der Waals surface area contributed by atoms with Crippen LogP contribution in [0, 0.1) is 0 Å². The Labute approximate surface area is 296 Å². The van der Waals surface area contributed by atoms with E-state index < -0.39 is 0 Å². The van der Waals surface area contributed by atoms with E-state index in [-0.39, 0.29) is 0 Å². The minimum atomic E-state index is 0.873. The van der Waals surface area contributed by atoms with Gasteiger partial charge in [-0.25, -0.2) is 0 Å². The fourth-order valence-corrected chi connectivity index (χ4v) is 9.41. The first kappa shape index (κ1) is 28.6. The SMILES string of the molecule is c1ccc(Cc2ccc3c4c(Cc5ccccc5)c5c(cc6c7ccccc7c7cccc5c76)c(Cc5ccccc5)c4c4cccc2c43)cc1. The van der Waals surface area contributed by atoms with Crippen molar-refractivity contribution in [2.75, 3.05) is 0 Å². The highest BCUT2D eigenvalue weighted by Gasteiger charge is 2.25. The Balaban J connectivity index is 1.36. The molecule has 0 N–H and O–H groups in total. The Kier molecular flexibility index (Phi) is 6.24. The molecule has 0 amide bonds. The van der Waals surface area contributed by atoms with Gasteiger partial charge in [-0.15, -0.1) is 0 Å². The van der Waals surface area contributed by atoms with Gasteiger partial charge in [0.25, 0.3) is 0 Å². The molecule has 0 aromatic heterocycles. The molecule has 11 rings (SSSR count). The van der Waals surface area contributed by atoms with Crippen LogP contribution in [-0.4, -0.2) is 0 Å².